The van der Waals surface area contributed by atoms with Gasteiger partial charge in [0, 0.05) is 50.2 Å². The molecule has 7 nitrogen and oxygen atoms in total. The van der Waals surface area contributed by atoms with Crippen molar-refractivity contribution in [3.63, 3.8) is 0 Å². The molecule has 20 heavy (non-hydrogen) atoms. The summed E-state index contributed by atoms with van der Waals surface area (Å²) < 4.78 is 6.65. The number of pyridine rings is 1. The third kappa shape index (κ3) is 1.95. The Morgan fingerprint density at radius 2 is 2.15 bits per heavy atom. The Labute approximate surface area is 115 Å². The highest BCUT2D eigenvalue weighted by molar-refractivity contribution is 5.76. The van der Waals surface area contributed by atoms with Crippen LogP contribution < -0.4 is 11.3 Å². The van der Waals surface area contributed by atoms with Crippen LogP contribution in [0.2, 0.25) is 0 Å². The summed E-state index contributed by atoms with van der Waals surface area (Å²) in [6, 6.07) is 1.66. The molecule has 0 aromatic carbocycles. The van der Waals surface area contributed by atoms with E-state index in [1.165, 1.54) is 4.57 Å². The highest BCUT2D eigenvalue weighted by atomic mass is 16.5. The fraction of sp³-hybridized carbons (Fsp3) is 0.462. The smallest absolute Gasteiger partial charge is 0.258 e. The van der Waals surface area contributed by atoms with Crippen molar-refractivity contribution in [2.24, 2.45) is 7.05 Å². The average molecular weight is 276 g/mol. The number of aromatic nitrogens is 3. The van der Waals surface area contributed by atoms with Gasteiger partial charge in [0.25, 0.3) is 5.56 Å². The molecule has 0 saturated carbocycles. The van der Waals surface area contributed by atoms with Crippen molar-refractivity contribution >= 4 is 17.0 Å². The van der Waals surface area contributed by atoms with Gasteiger partial charge in [0.1, 0.15) is 5.65 Å². The fourth-order valence-corrected chi connectivity index (χ4v) is 2.57. The second-order valence-electron chi connectivity index (χ2n) is 5.07. The summed E-state index contributed by atoms with van der Waals surface area (Å²) in [5.41, 5.74) is 4.96. The van der Waals surface area contributed by atoms with Crippen LogP contribution in [0.25, 0.3) is 11.0 Å². The van der Waals surface area contributed by atoms with Gasteiger partial charge in [-0.05, 0) is 6.07 Å². The molecular formula is C13H16N4O3. The van der Waals surface area contributed by atoms with Crippen LogP contribution in [-0.2, 0) is 17.4 Å². The van der Waals surface area contributed by atoms with Gasteiger partial charge in [-0.1, -0.05) is 0 Å². The lowest BCUT2D eigenvalue weighted by atomic mass is 9.87. The molecule has 3 N–H and O–H groups in total. The summed E-state index contributed by atoms with van der Waals surface area (Å²) in [6.45, 7) is 0.881. The van der Waals surface area contributed by atoms with Gasteiger partial charge in [-0.25, -0.2) is 4.98 Å². The zero-order chi connectivity index (χ0) is 14.3. The van der Waals surface area contributed by atoms with E-state index < -0.39 is 5.60 Å². The SMILES string of the molecule is Cn1c(=O)c(C2(O)CCOCC2)cc2cnc(N)nc21. The Morgan fingerprint density at radius 1 is 1.45 bits per heavy atom. The van der Waals surface area contributed by atoms with Crippen LogP contribution in [0, 0.1) is 0 Å². The van der Waals surface area contributed by atoms with Crippen LogP contribution in [0.5, 0.6) is 0 Å². The molecule has 0 radical (unpaired) electrons. The van der Waals surface area contributed by atoms with Gasteiger partial charge >= 0.3 is 0 Å². The first-order valence-electron chi connectivity index (χ1n) is 6.44. The molecule has 1 fully saturated rings. The Balaban J connectivity index is 2.24. The molecule has 3 heterocycles. The van der Waals surface area contributed by atoms with Gasteiger partial charge in [0.2, 0.25) is 5.95 Å². The number of hydrogen-bond acceptors (Lipinski definition) is 6. The number of aryl methyl sites for hydroxylation is 1. The molecule has 0 spiro atoms. The minimum absolute atomic E-state index is 0.116. The van der Waals surface area contributed by atoms with Gasteiger partial charge < -0.3 is 15.6 Å². The summed E-state index contributed by atoms with van der Waals surface area (Å²) in [5, 5.41) is 11.4. The van der Waals surface area contributed by atoms with Gasteiger partial charge in [0.15, 0.2) is 0 Å². The molecule has 1 aliphatic heterocycles. The van der Waals surface area contributed by atoms with E-state index in [1.54, 1.807) is 19.3 Å². The number of anilines is 1. The zero-order valence-electron chi connectivity index (χ0n) is 11.2. The van der Waals surface area contributed by atoms with E-state index >= 15 is 0 Å². The number of fused-ring (bicyclic) bond motifs is 1. The summed E-state index contributed by atoms with van der Waals surface area (Å²) in [4.78, 5) is 20.5. The van der Waals surface area contributed by atoms with Crippen LogP contribution >= 0.6 is 0 Å². The number of nitrogens with two attached hydrogens (primary N) is 1. The summed E-state index contributed by atoms with van der Waals surface area (Å²) >= 11 is 0. The second kappa shape index (κ2) is 4.53. The number of ether oxygens (including phenoxy) is 1. The van der Waals surface area contributed by atoms with Crippen LogP contribution in [0.1, 0.15) is 18.4 Å². The first-order valence-corrected chi connectivity index (χ1v) is 6.44. The predicted molar refractivity (Wildman–Crippen MR) is 73.1 cm³/mol. The number of aliphatic hydroxyl groups is 1. The Hall–Kier alpha value is -1.99. The van der Waals surface area contributed by atoms with Crippen molar-refractivity contribution in [1.82, 2.24) is 14.5 Å². The first kappa shape index (κ1) is 13.0. The van der Waals surface area contributed by atoms with E-state index in [0.717, 1.165) is 0 Å². The molecule has 0 atom stereocenters. The number of nitrogens with zero attached hydrogens (tertiary/aromatic N) is 3. The second-order valence-corrected chi connectivity index (χ2v) is 5.07. The first-order chi connectivity index (χ1) is 9.51. The summed E-state index contributed by atoms with van der Waals surface area (Å²) in [6.07, 6.45) is 2.37. The minimum atomic E-state index is -1.15. The Bertz CT molecular complexity index is 719. The average Bonchev–Trinajstić information content (AvgIpc) is 2.44. The zero-order valence-corrected chi connectivity index (χ0v) is 11.2. The quantitative estimate of drug-likeness (QED) is 0.754. The van der Waals surface area contributed by atoms with E-state index in [2.05, 4.69) is 9.97 Å². The summed E-state index contributed by atoms with van der Waals surface area (Å²) in [7, 11) is 1.61. The van der Waals surface area contributed by atoms with Gasteiger partial charge in [-0.3, -0.25) is 9.36 Å². The van der Waals surface area contributed by atoms with Gasteiger partial charge in [-0.15, -0.1) is 0 Å². The van der Waals surface area contributed by atoms with Crippen LogP contribution in [0.3, 0.4) is 0 Å². The van der Waals surface area contributed by atoms with E-state index in [0.29, 0.717) is 42.7 Å². The standard InChI is InChI=1S/C13H16N4O3/c1-17-10-8(7-15-12(14)16-10)6-9(11(17)18)13(19)2-4-20-5-3-13/h6-7,19H,2-5H2,1H3,(H2,14,15,16). The maximum atomic E-state index is 12.5. The summed E-state index contributed by atoms with van der Waals surface area (Å²) in [5.74, 6) is 0.116. The molecule has 2 aromatic heterocycles. The van der Waals surface area contributed by atoms with E-state index in [1.807, 2.05) is 0 Å². The lowest BCUT2D eigenvalue weighted by Crippen LogP contribution is -2.40. The van der Waals surface area contributed by atoms with Crippen molar-refractivity contribution in [3.8, 4) is 0 Å². The topological polar surface area (TPSA) is 103 Å². The van der Waals surface area contributed by atoms with E-state index in [4.69, 9.17) is 10.5 Å². The molecule has 1 saturated heterocycles. The number of rotatable bonds is 1. The number of nitrogen functional groups attached to an aromatic ring is 1. The normalized spacial score (nSPS) is 18.3. The van der Waals surface area contributed by atoms with Crippen LogP contribution in [-0.4, -0.2) is 32.9 Å². The highest BCUT2D eigenvalue weighted by Crippen LogP contribution is 2.30. The van der Waals surface area contributed by atoms with Crippen molar-refractivity contribution in [1.29, 1.82) is 0 Å². The highest BCUT2D eigenvalue weighted by Gasteiger charge is 2.35. The molecular weight excluding hydrogens is 260 g/mol. The van der Waals surface area contributed by atoms with Gasteiger partial charge in [0.05, 0.1) is 5.60 Å². The van der Waals surface area contributed by atoms with Crippen molar-refractivity contribution < 1.29 is 9.84 Å². The molecule has 0 amide bonds. The molecule has 106 valence electrons. The molecule has 7 heteroatoms. The monoisotopic (exact) mass is 276 g/mol. The molecule has 1 aliphatic rings. The molecule has 3 rings (SSSR count). The lowest BCUT2D eigenvalue weighted by Gasteiger charge is -2.32. The van der Waals surface area contributed by atoms with Crippen LogP contribution in [0.15, 0.2) is 17.1 Å². The molecule has 2 aromatic rings. The molecule has 0 unspecified atom stereocenters. The molecule has 0 aliphatic carbocycles. The van der Waals surface area contributed by atoms with E-state index in [9.17, 15) is 9.90 Å². The van der Waals surface area contributed by atoms with Crippen molar-refractivity contribution in [2.75, 3.05) is 18.9 Å². The third-order valence-electron chi connectivity index (χ3n) is 3.79. The lowest BCUT2D eigenvalue weighted by molar-refractivity contribution is -0.0688. The maximum absolute atomic E-state index is 12.5. The predicted octanol–water partition coefficient (Wildman–Crippen LogP) is -0.0913. The Kier molecular flexibility index (Phi) is 2.95. The van der Waals surface area contributed by atoms with Crippen molar-refractivity contribution in [3.05, 3.63) is 28.2 Å². The van der Waals surface area contributed by atoms with Gasteiger partial charge in [-0.2, -0.15) is 4.98 Å². The number of hydrogen-bond donors (Lipinski definition) is 2. The van der Waals surface area contributed by atoms with Crippen molar-refractivity contribution in [2.45, 2.75) is 18.4 Å². The Morgan fingerprint density at radius 3 is 2.85 bits per heavy atom. The van der Waals surface area contributed by atoms with E-state index in [-0.39, 0.29) is 11.5 Å². The largest absolute Gasteiger partial charge is 0.385 e. The maximum Gasteiger partial charge on any atom is 0.258 e. The van der Waals surface area contributed by atoms with Crippen LogP contribution in [0.4, 0.5) is 5.95 Å². The third-order valence-corrected chi connectivity index (χ3v) is 3.79. The minimum Gasteiger partial charge on any atom is -0.385 e. The molecule has 0 bridgehead atoms. The fourth-order valence-electron chi connectivity index (χ4n) is 2.57.